The van der Waals surface area contributed by atoms with E-state index >= 15 is 17.6 Å². The highest BCUT2D eigenvalue weighted by Crippen LogP contribution is 2.65. The number of carbonyl (C=O) groups excluding carboxylic acids is 2. The molecule has 8 aromatic rings. The normalized spacial score (nSPS) is 15.5. The molecule has 0 bridgehead atoms. The van der Waals surface area contributed by atoms with E-state index < -0.39 is 40.4 Å². The number of allylic oxidation sites excluding steroid dienone is 6. The van der Waals surface area contributed by atoms with Crippen LogP contribution in [0.5, 0.6) is 17.2 Å². The lowest BCUT2D eigenvalue weighted by molar-refractivity contribution is 0.0398. The molecule has 0 fully saturated rings. The number of Topliss-reactive ketones (excluding diaryl/α,β-unsaturated/α-hetero) is 2. The van der Waals surface area contributed by atoms with Gasteiger partial charge in [0.15, 0.2) is 34.8 Å². The number of hydrogen-bond donors (Lipinski definition) is 0. The Kier molecular flexibility index (Phi) is 46.3. The highest BCUT2D eigenvalue weighted by atomic mass is 32.1. The third-order valence-electron chi connectivity index (χ3n) is 30.2. The number of ether oxygens (including phenoxy) is 3. The minimum atomic E-state index is -1.19. The second-order valence-electron chi connectivity index (χ2n) is 40.8. The van der Waals surface area contributed by atoms with Gasteiger partial charge in [0.05, 0.1) is 88.7 Å². The van der Waals surface area contributed by atoms with E-state index in [0.29, 0.717) is 34.5 Å². The summed E-state index contributed by atoms with van der Waals surface area (Å²) < 4.78 is 83.8. The van der Waals surface area contributed by atoms with Gasteiger partial charge < -0.3 is 19.1 Å². The highest BCUT2D eigenvalue weighted by molar-refractivity contribution is 7.31. The van der Waals surface area contributed by atoms with Gasteiger partial charge in [-0.25, -0.2) is 37.8 Å². The van der Waals surface area contributed by atoms with Crippen molar-refractivity contribution in [3.8, 4) is 78.2 Å². The molecule has 4 aliphatic rings. The van der Waals surface area contributed by atoms with Crippen molar-refractivity contribution in [3.05, 3.63) is 172 Å². The van der Waals surface area contributed by atoms with E-state index in [1.165, 1.54) is 269 Å². The molecular weight excluding hydrogens is 1880 g/mol. The van der Waals surface area contributed by atoms with Crippen molar-refractivity contribution < 1.29 is 41.4 Å². The van der Waals surface area contributed by atoms with Crippen LogP contribution in [0.3, 0.4) is 0 Å². The van der Waals surface area contributed by atoms with Crippen LogP contribution in [-0.4, -0.2) is 31.3 Å². The zero-order valence-electron chi connectivity index (χ0n) is 87.0. The lowest BCUT2D eigenvalue weighted by atomic mass is 9.76. The van der Waals surface area contributed by atoms with Gasteiger partial charge in [-0.15, -0.1) is 68.0 Å². The number of ketones is 2. The Balaban J connectivity index is 1.07. The average molecular weight is 2040 g/mol. The number of unbranched alkanes of at least 4 members (excludes halogenated alkanes) is 41. The molecule has 12 rings (SSSR count). The quantitative estimate of drug-likeness (QED) is 0.0121. The number of carbonyl (C=O) groups is 2. The lowest BCUT2D eigenvalue weighted by Gasteiger charge is -2.49. The number of rotatable bonds is 68. The van der Waals surface area contributed by atoms with E-state index in [2.05, 4.69) is 101 Å². The van der Waals surface area contributed by atoms with Crippen LogP contribution in [0.15, 0.2) is 83.2 Å². The molecule has 766 valence electrons. The third-order valence-corrected chi connectivity index (χ3v) is 37.7. The molecule has 0 N–H and O–H groups in total. The minimum absolute atomic E-state index is 0.000973. The summed E-state index contributed by atoms with van der Waals surface area (Å²) in [4.78, 5) is 52.0. The average Bonchev–Trinajstić information content (AvgIpc) is 1.54. The first-order valence-electron chi connectivity index (χ1n) is 55.5. The number of nitrogens with zero attached hydrogens (tertiary/aromatic N) is 5. The number of anilines is 1. The van der Waals surface area contributed by atoms with E-state index in [4.69, 9.17) is 27.4 Å². The second kappa shape index (κ2) is 58.4. The van der Waals surface area contributed by atoms with Gasteiger partial charge >= 0.3 is 0 Å². The van der Waals surface area contributed by atoms with Gasteiger partial charge in [-0.1, -0.05) is 364 Å². The van der Waals surface area contributed by atoms with Crippen LogP contribution >= 0.6 is 68.0 Å². The van der Waals surface area contributed by atoms with Gasteiger partial charge in [-0.3, -0.25) is 9.59 Å². The highest BCUT2D eigenvalue weighted by Gasteiger charge is 2.49. The molecule has 0 saturated carbocycles. The van der Waals surface area contributed by atoms with Crippen molar-refractivity contribution in [1.29, 1.82) is 10.5 Å². The molecular formula is C122H159F4N5O5S6. The van der Waals surface area contributed by atoms with Crippen molar-refractivity contribution in [2.24, 2.45) is 11.8 Å². The van der Waals surface area contributed by atoms with Crippen LogP contribution in [0, 0.1) is 70.9 Å². The molecule has 8 heterocycles. The van der Waals surface area contributed by atoms with Gasteiger partial charge in [0.1, 0.15) is 22.8 Å². The molecule has 0 amide bonds. The van der Waals surface area contributed by atoms with Crippen LogP contribution in [0.2, 0.25) is 0 Å². The molecule has 2 atom stereocenters. The summed E-state index contributed by atoms with van der Waals surface area (Å²) in [6.45, 7) is 38.5. The third kappa shape index (κ3) is 29.0. The Morgan fingerprint density at radius 1 is 0.380 bits per heavy atom. The van der Waals surface area contributed by atoms with Crippen molar-refractivity contribution in [2.75, 3.05) is 24.7 Å². The molecule has 6 aromatic heterocycles. The summed E-state index contributed by atoms with van der Waals surface area (Å²) >= 11 is 10.4. The molecule has 2 aromatic carbocycles. The fourth-order valence-electron chi connectivity index (χ4n) is 21.8. The van der Waals surface area contributed by atoms with Crippen molar-refractivity contribution in [2.45, 2.75) is 433 Å². The van der Waals surface area contributed by atoms with E-state index in [-0.39, 0.29) is 73.3 Å². The molecule has 20 heteroatoms. The maximum Gasteiger partial charge on any atom is 0.270 e. The Morgan fingerprint density at radius 2 is 0.711 bits per heavy atom. The zero-order valence-corrected chi connectivity index (χ0v) is 91.9. The second-order valence-corrected chi connectivity index (χ2v) is 47.2. The standard InChI is InChI=1S/C122H159F4N5O5S6/c1-12-21-28-33-37-41-45-49-53-57-64-121(65-58-54-50-46-42-38-34-29-22-13-2)95-77-107(139-115(95)117-103(131(121)68-61-32-25-16-5)79-109(141-117)118-104(134-83-85(19-8)62-26-17-6)71-87(137-118)69-93-111(101(81-127)129-10)89-73-97(123)99(125)75-91(89)113(93)132)108-78-96-116(140-108)120-106(136-122(96,66-59-55-51-47-43-39-35-30-23-14-3)67-60-56-52-48-44-40-36-31-24-15-4)80-110(142-120)119-105(135-84-86(20-9)63-27-18-7)72-88(138-119)70-94-112(102(82-128)130-11)90-74-98(124)100(126)76-92(90)114(94)133/h69-80,85-86H,12-68,83-84H2,1-9H3/b93-69-,94-70-,111-101+,112-102-. The van der Waals surface area contributed by atoms with Crippen LogP contribution in [-0.2, 0) is 11.1 Å². The first-order chi connectivity index (χ1) is 69.4. The Bertz CT molecular complexity index is 5650. The van der Waals surface area contributed by atoms with Gasteiger partial charge in [0, 0.05) is 71.1 Å². The van der Waals surface area contributed by atoms with Crippen molar-refractivity contribution >= 4 is 109 Å². The predicted octanol–water partition coefficient (Wildman–Crippen LogP) is 41.4. The minimum Gasteiger partial charge on any atom is -0.492 e. The monoisotopic (exact) mass is 2040 g/mol. The van der Waals surface area contributed by atoms with E-state index in [1.807, 2.05) is 58.3 Å². The lowest BCUT2D eigenvalue weighted by Crippen LogP contribution is -2.49. The van der Waals surface area contributed by atoms with E-state index in [0.717, 1.165) is 215 Å². The first-order valence-corrected chi connectivity index (χ1v) is 60.4. The number of halogens is 4. The summed E-state index contributed by atoms with van der Waals surface area (Å²) in [7, 11) is 0. The fourth-order valence-corrected chi connectivity index (χ4v) is 29.2. The van der Waals surface area contributed by atoms with Crippen LogP contribution in [0.25, 0.3) is 81.8 Å². The topological polar surface area (TPSA) is 121 Å². The summed E-state index contributed by atoms with van der Waals surface area (Å²) in [6.07, 6.45) is 68.6. The Labute approximate surface area is 873 Å². The molecule has 0 radical (unpaired) electrons. The van der Waals surface area contributed by atoms with Crippen molar-refractivity contribution in [1.82, 2.24) is 0 Å². The maximum atomic E-state index is 15.4. The van der Waals surface area contributed by atoms with Crippen LogP contribution in [0.4, 0.5) is 23.2 Å². The fraction of sp³-hybridized carbons (Fsp3) is 0.590. The Morgan fingerprint density at radius 3 is 1.08 bits per heavy atom. The zero-order chi connectivity index (χ0) is 101. The summed E-state index contributed by atoms with van der Waals surface area (Å²) in [5, 5.41) is 21.1. The number of hydrogen-bond acceptors (Lipinski definition) is 14. The number of thiophene rings is 6. The van der Waals surface area contributed by atoms with E-state index in [9.17, 15) is 20.1 Å². The molecule has 10 nitrogen and oxygen atoms in total. The largest absolute Gasteiger partial charge is 0.492 e. The molecule has 0 saturated heterocycles. The predicted molar refractivity (Wildman–Crippen MR) is 595 cm³/mol. The van der Waals surface area contributed by atoms with Gasteiger partial charge in [-0.2, -0.15) is 0 Å². The van der Waals surface area contributed by atoms with E-state index in [1.54, 1.807) is 23.5 Å². The molecule has 2 aliphatic heterocycles. The summed E-state index contributed by atoms with van der Waals surface area (Å²) in [5.41, 5.74) is 2.02. The van der Waals surface area contributed by atoms with Gasteiger partial charge in [0.2, 0.25) is 0 Å². The first kappa shape index (κ1) is 113. The molecule has 0 spiro atoms. The number of benzene rings is 2. The molecule has 2 aliphatic carbocycles. The van der Waals surface area contributed by atoms with Crippen LogP contribution in [0.1, 0.15) is 475 Å². The van der Waals surface area contributed by atoms with Gasteiger partial charge in [-0.05, 0) is 153 Å². The van der Waals surface area contributed by atoms with Crippen molar-refractivity contribution in [3.63, 3.8) is 0 Å². The smallest absolute Gasteiger partial charge is 0.270 e. The molecule has 142 heavy (non-hydrogen) atoms. The molecule has 2 unspecified atom stereocenters. The summed E-state index contributed by atoms with van der Waals surface area (Å²) in [5.74, 6) is -3.16. The maximum absolute atomic E-state index is 15.4. The SMILES string of the molecule is [C-]#[N+]/C(C#N)=C1\C(=C\c2cc(OCC(CC)CCCC)c(-c3cc4c(s3)-c3sc(-c5cc6c(s5)-c5sc(-c7sc(/C=C8\C(=O)c9cc(F)c(F)cc9\C8=C(\C#N)[N+]#[C-])cc7OCC(CC)CCCC)cc5N(CCCCCC)C6(CCCCCCCCCCCC)CCCCCCCCCCCC)cc3C(CCCCCCCCCCCC)(CCCCCCCCCCCC)O4)s2)C(=O)c2cc(F)c(F)cc21. The van der Waals surface area contributed by atoms with Gasteiger partial charge in [0.25, 0.3) is 11.4 Å². The van der Waals surface area contributed by atoms with Crippen LogP contribution < -0.4 is 19.1 Å². The number of fused-ring (bicyclic) bond motifs is 8. The number of nitriles is 2. The summed E-state index contributed by atoms with van der Waals surface area (Å²) in [6, 6.07) is 21.6. The Hall–Kier alpha value is -8.18.